The van der Waals surface area contributed by atoms with Crippen molar-refractivity contribution in [2.45, 2.75) is 64.7 Å². The molecule has 0 N–H and O–H groups in total. The Bertz CT molecular complexity index is 413. The number of likely N-dealkylation sites (tertiary alicyclic amines) is 1. The molecular formula is C16H30N2O4. The van der Waals surface area contributed by atoms with E-state index >= 15 is 0 Å². The van der Waals surface area contributed by atoms with Crippen LogP contribution in [0.25, 0.3) is 0 Å². The van der Waals surface area contributed by atoms with Gasteiger partial charge in [-0.1, -0.05) is 0 Å². The van der Waals surface area contributed by atoms with Crippen molar-refractivity contribution in [2.75, 3.05) is 27.2 Å². The van der Waals surface area contributed by atoms with E-state index in [2.05, 4.69) is 0 Å². The van der Waals surface area contributed by atoms with Crippen LogP contribution in [0.2, 0.25) is 0 Å². The van der Waals surface area contributed by atoms with Crippen LogP contribution in [-0.2, 0) is 14.3 Å². The van der Waals surface area contributed by atoms with E-state index in [4.69, 9.17) is 9.47 Å². The molecule has 1 aliphatic rings. The van der Waals surface area contributed by atoms with Gasteiger partial charge in [-0.2, -0.15) is 0 Å². The molecule has 0 bridgehead atoms. The Hall–Kier alpha value is -1.30. The van der Waals surface area contributed by atoms with Gasteiger partial charge in [-0.05, 0) is 47.5 Å². The molecule has 1 atom stereocenters. The number of hydrogen-bond acceptors (Lipinski definition) is 4. The molecule has 6 heteroatoms. The standard InChI is InChI=1S/C16H30N2O4/c1-15(2,3)22-14(20)18-9-8-12(10-16(18,4)5)21-11-13(19)17(6)7/h12H,8-11H2,1-7H3. The van der Waals surface area contributed by atoms with E-state index in [-0.39, 0.29) is 30.3 Å². The van der Waals surface area contributed by atoms with Crippen molar-refractivity contribution in [3.63, 3.8) is 0 Å². The fraction of sp³-hybridized carbons (Fsp3) is 0.875. The van der Waals surface area contributed by atoms with Crippen LogP contribution in [0.3, 0.4) is 0 Å². The normalized spacial score (nSPS) is 21.4. The van der Waals surface area contributed by atoms with E-state index < -0.39 is 5.60 Å². The summed E-state index contributed by atoms with van der Waals surface area (Å²) >= 11 is 0. The van der Waals surface area contributed by atoms with Gasteiger partial charge in [0.15, 0.2) is 0 Å². The summed E-state index contributed by atoms with van der Waals surface area (Å²) in [6, 6.07) is 0. The van der Waals surface area contributed by atoms with Crippen molar-refractivity contribution in [1.82, 2.24) is 9.80 Å². The first kappa shape index (κ1) is 18.7. The number of nitrogens with zero attached hydrogens (tertiary/aromatic N) is 2. The third-order valence-corrected chi connectivity index (χ3v) is 3.69. The number of likely N-dealkylation sites (N-methyl/N-ethyl adjacent to an activating group) is 1. The van der Waals surface area contributed by atoms with Crippen molar-refractivity contribution < 1.29 is 19.1 Å². The molecule has 1 unspecified atom stereocenters. The van der Waals surface area contributed by atoms with Crippen LogP contribution >= 0.6 is 0 Å². The minimum absolute atomic E-state index is 0.0161. The Kier molecular flexibility index (Phi) is 5.84. The lowest BCUT2D eigenvalue weighted by molar-refractivity contribution is -0.138. The van der Waals surface area contributed by atoms with Gasteiger partial charge >= 0.3 is 6.09 Å². The summed E-state index contributed by atoms with van der Waals surface area (Å²) in [4.78, 5) is 27.2. The van der Waals surface area contributed by atoms with Crippen LogP contribution in [0, 0.1) is 0 Å². The van der Waals surface area contributed by atoms with E-state index in [1.165, 1.54) is 4.90 Å². The summed E-state index contributed by atoms with van der Waals surface area (Å²) in [5, 5.41) is 0. The van der Waals surface area contributed by atoms with Gasteiger partial charge in [0.2, 0.25) is 5.91 Å². The highest BCUT2D eigenvalue weighted by atomic mass is 16.6. The van der Waals surface area contributed by atoms with Gasteiger partial charge in [-0.15, -0.1) is 0 Å². The molecule has 1 aliphatic heterocycles. The highest BCUT2D eigenvalue weighted by Gasteiger charge is 2.40. The van der Waals surface area contributed by atoms with Gasteiger partial charge in [0.25, 0.3) is 0 Å². The number of ether oxygens (including phenoxy) is 2. The first-order valence-corrected chi connectivity index (χ1v) is 7.75. The van der Waals surface area contributed by atoms with E-state index in [0.717, 1.165) is 0 Å². The van der Waals surface area contributed by atoms with Gasteiger partial charge in [0, 0.05) is 26.2 Å². The molecule has 6 nitrogen and oxygen atoms in total. The number of carbonyl (C=O) groups is 2. The maximum atomic E-state index is 12.3. The van der Waals surface area contributed by atoms with Crippen LogP contribution in [-0.4, -0.2) is 66.3 Å². The van der Waals surface area contributed by atoms with E-state index in [0.29, 0.717) is 19.4 Å². The van der Waals surface area contributed by atoms with Crippen LogP contribution in [0.5, 0.6) is 0 Å². The van der Waals surface area contributed by atoms with Crippen LogP contribution in [0.15, 0.2) is 0 Å². The Balaban J connectivity index is 2.58. The van der Waals surface area contributed by atoms with Gasteiger partial charge in [-0.25, -0.2) is 4.79 Å². The predicted octanol–water partition coefficient (Wildman–Crippen LogP) is 2.27. The SMILES string of the molecule is CN(C)C(=O)COC1CCN(C(=O)OC(C)(C)C)C(C)(C)C1. The second-order valence-electron chi connectivity index (χ2n) is 7.66. The summed E-state index contributed by atoms with van der Waals surface area (Å²) in [6.45, 7) is 10.2. The molecule has 0 spiro atoms. The summed E-state index contributed by atoms with van der Waals surface area (Å²) in [5.41, 5.74) is -0.856. The zero-order valence-electron chi connectivity index (χ0n) is 14.9. The first-order valence-electron chi connectivity index (χ1n) is 7.75. The van der Waals surface area contributed by atoms with Crippen molar-refractivity contribution in [1.29, 1.82) is 0 Å². The van der Waals surface area contributed by atoms with E-state index in [1.54, 1.807) is 19.0 Å². The molecule has 0 aromatic carbocycles. The van der Waals surface area contributed by atoms with Gasteiger partial charge in [0.05, 0.1) is 6.10 Å². The Morgan fingerprint density at radius 1 is 1.27 bits per heavy atom. The topological polar surface area (TPSA) is 59.1 Å². The summed E-state index contributed by atoms with van der Waals surface area (Å²) in [5.74, 6) is -0.0487. The molecule has 1 rings (SSSR count). The molecule has 22 heavy (non-hydrogen) atoms. The number of carbonyl (C=O) groups excluding carboxylic acids is 2. The first-order chi connectivity index (χ1) is 9.92. The zero-order valence-corrected chi connectivity index (χ0v) is 14.9. The average Bonchev–Trinajstić information content (AvgIpc) is 2.32. The Morgan fingerprint density at radius 3 is 2.32 bits per heavy atom. The molecule has 0 aliphatic carbocycles. The monoisotopic (exact) mass is 314 g/mol. The van der Waals surface area contributed by atoms with Crippen LogP contribution in [0.1, 0.15) is 47.5 Å². The lowest BCUT2D eigenvalue weighted by atomic mass is 9.89. The zero-order chi connectivity index (χ0) is 17.1. The van der Waals surface area contributed by atoms with Crippen LogP contribution < -0.4 is 0 Å². The molecule has 0 aromatic heterocycles. The maximum Gasteiger partial charge on any atom is 0.410 e. The Labute approximate surface area is 133 Å². The summed E-state index contributed by atoms with van der Waals surface area (Å²) in [6.07, 6.45) is 1.09. The van der Waals surface area contributed by atoms with Crippen LogP contribution in [0.4, 0.5) is 4.79 Å². The fourth-order valence-electron chi connectivity index (χ4n) is 2.46. The van der Waals surface area contributed by atoms with Crippen molar-refractivity contribution in [3.8, 4) is 0 Å². The number of amides is 2. The Morgan fingerprint density at radius 2 is 1.86 bits per heavy atom. The largest absolute Gasteiger partial charge is 0.444 e. The van der Waals surface area contributed by atoms with Gasteiger partial charge in [-0.3, -0.25) is 4.79 Å². The minimum atomic E-state index is -0.501. The molecule has 2 amide bonds. The lowest BCUT2D eigenvalue weighted by Crippen LogP contribution is -2.55. The second kappa shape index (κ2) is 6.86. The van der Waals surface area contributed by atoms with Crippen molar-refractivity contribution in [2.24, 2.45) is 0 Å². The predicted molar refractivity (Wildman–Crippen MR) is 84.7 cm³/mol. The number of hydrogen-bond donors (Lipinski definition) is 0. The highest BCUT2D eigenvalue weighted by molar-refractivity contribution is 5.76. The highest BCUT2D eigenvalue weighted by Crippen LogP contribution is 2.30. The van der Waals surface area contributed by atoms with Gasteiger partial charge < -0.3 is 19.3 Å². The molecule has 1 heterocycles. The van der Waals surface area contributed by atoms with Gasteiger partial charge in [0.1, 0.15) is 12.2 Å². The van der Waals surface area contributed by atoms with E-state index in [1.807, 2.05) is 34.6 Å². The molecule has 1 saturated heterocycles. The molecule has 0 radical (unpaired) electrons. The molecule has 0 saturated carbocycles. The average molecular weight is 314 g/mol. The quantitative estimate of drug-likeness (QED) is 0.802. The number of piperidine rings is 1. The van der Waals surface area contributed by atoms with E-state index in [9.17, 15) is 9.59 Å². The summed E-state index contributed by atoms with van der Waals surface area (Å²) < 4.78 is 11.2. The third kappa shape index (κ3) is 5.48. The fourth-order valence-corrected chi connectivity index (χ4v) is 2.46. The molecule has 128 valence electrons. The maximum absolute atomic E-state index is 12.3. The van der Waals surface area contributed by atoms with Crippen molar-refractivity contribution in [3.05, 3.63) is 0 Å². The number of rotatable bonds is 3. The molecule has 1 fully saturated rings. The minimum Gasteiger partial charge on any atom is -0.444 e. The molecular weight excluding hydrogens is 284 g/mol. The molecule has 0 aromatic rings. The second-order valence-corrected chi connectivity index (χ2v) is 7.66. The van der Waals surface area contributed by atoms with Crippen molar-refractivity contribution >= 4 is 12.0 Å². The lowest BCUT2D eigenvalue weighted by Gasteiger charge is -2.45. The summed E-state index contributed by atoms with van der Waals surface area (Å²) in [7, 11) is 3.42. The smallest absolute Gasteiger partial charge is 0.410 e. The third-order valence-electron chi connectivity index (χ3n) is 3.69.